The first-order valence-electron chi connectivity index (χ1n) is 8.73. The van der Waals surface area contributed by atoms with Gasteiger partial charge in [-0.3, -0.25) is 9.52 Å². The predicted molar refractivity (Wildman–Crippen MR) is 108 cm³/mol. The molecule has 0 atom stereocenters. The van der Waals surface area contributed by atoms with E-state index in [2.05, 4.69) is 10.0 Å². The van der Waals surface area contributed by atoms with Gasteiger partial charge in [0, 0.05) is 16.9 Å². The Morgan fingerprint density at radius 3 is 2.10 bits per heavy atom. The highest BCUT2D eigenvalue weighted by molar-refractivity contribution is 7.92. The Balaban J connectivity index is 1.73. The quantitative estimate of drug-likeness (QED) is 0.589. The molecule has 1 amide bonds. The Labute approximate surface area is 171 Å². The summed E-state index contributed by atoms with van der Waals surface area (Å²) in [4.78, 5) is 12.1. The van der Waals surface area contributed by atoms with Gasteiger partial charge in [-0.25, -0.2) is 8.42 Å². The van der Waals surface area contributed by atoms with E-state index in [1.165, 1.54) is 30.3 Å². The lowest BCUT2D eigenvalue weighted by Gasteiger charge is -2.12. The van der Waals surface area contributed by atoms with Gasteiger partial charge in [0.15, 0.2) is 0 Å². The maximum Gasteiger partial charge on any atom is 0.416 e. The number of aryl methyl sites for hydroxylation is 1. The summed E-state index contributed by atoms with van der Waals surface area (Å²) in [5, 5.41) is 2.65. The van der Waals surface area contributed by atoms with Crippen LogP contribution in [0.5, 0.6) is 0 Å². The van der Waals surface area contributed by atoms with Crippen LogP contribution in [0.4, 0.5) is 24.5 Å². The van der Waals surface area contributed by atoms with Crippen molar-refractivity contribution in [1.29, 1.82) is 0 Å². The normalized spacial score (nSPS) is 11.7. The van der Waals surface area contributed by atoms with Gasteiger partial charge in [0.1, 0.15) is 0 Å². The van der Waals surface area contributed by atoms with Crippen molar-refractivity contribution < 1.29 is 26.4 Å². The molecule has 0 heterocycles. The van der Waals surface area contributed by atoms with Crippen molar-refractivity contribution in [3.05, 3.63) is 89.5 Å². The van der Waals surface area contributed by atoms with Crippen LogP contribution < -0.4 is 10.0 Å². The van der Waals surface area contributed by atoms with E-state index in [1.54, 1.807) is 24.3 Å². The number of hydrogen-bond acceptors (Lipinski definition) is 3. The molecule has 0 saturated carbocycles. The monoisotopic (exact) mass is 434 g/mol. The number of amides is 1. The van der Waals surface area contributed by atoms with E-state index in [4.69, 9.17) is 0 Å². The molecule has 5 nitrogen and oxygen atoms in total. The number of benzene rings is 3. The van der Waals surface area contributed by atoms with E-state index in [0.29, 0.717) is 17.3 Å². The van der Waals surface area contributed by atoms with Crippen molar-refractivity contribution in [3.63, 3.8) is 0 Å². The van der Waals surface area contributed by atoms with Crippen LogP contribution in [0, 0.1) is 6.92 Å². The van der Waals surface area contributed by atoms with E-state index < -0.39 is 21.8 Å². The number of rotatable bonds is 5. The first-order valence-corrected chi connectivity index (χ1v) is 10.2. The lowest BCUT2D eigenvalue weighted by molar-refractivity contribution is -0.137. The fourth-order valence-electron chi connectivity index (χ4n) is 2.60. The van der Waals surface area contributed by atoms with Crippen LogP contribution in [0.1, 0.15) is 21.5 Å². The van der Waals surface area contributed by atoms with Crippen molar-refractivity contribution >= 4 is 27.3 Å². The van der Waals surface area contributed by atoms with Crippen molar-refractivity contribution in [2.45, 2.75) is 18.0 Å². The summed E-state index contributed by atoms with van der Waals surface area (Å²) in [7, 11) is -4.11. The van der Waals surface area contributed by atoms with Crippen molar-refractivity contribution in [3.8, 4) is 0 Å². The maximum absolute atomic E-state index is 12.8. The highest BCUT2D eigenvalue weighted by atomic mass is 32.2. The molecule has 0 spiro atoms. The standard InChI is InChI=1S/C21H17F3N2O3S/c1-14-5-7-15(8-6-14)20(27)25-17-9-11-19(12-10-17)30(28,29)26-18-4-2-3-16(13-18)21(22,23)24/h2-13,26H,1H3,(H,25,27). The van der Waals surface area contributed by atoms with Crippen LogP contribution in [0.3, 0.4) is 0 Å². The molecule has 3 rings (SSSR count). The molecule has 0 aliphatic heterocycles. The summed E-state index contributed by atoms with van der Waals surface area (Å²) >= 11 is 0. The molecule has 2 N–H and O–H groups in total. The van der Waals surface area contributed by atoms with E-state index in [0.717, 1.165) is 17.7 Å². The third-order valence-electron chi connectivity index (χ3n) is 4.18. The van der Waals surface area contributed by atoms with Crippen molar-refractivity contribution in [1.82, 2.24) is 0 Å². The second-order valence-corrected chi connectivity index (χ2v) is 8.21. The van der Waals surface area contributed by atoms with Crippen LogP contribution in [0.2, 0.25) is 0 Å². The number of halogens is 3. The Hall–Kier alpha value is -3.33. The second-order valence-electron chi connectivity index (χ2n) is 6.53. The smallest absolute Gasteiger partial charge is 0.322 e. The molecule has 0 bridgehead atoms. The molecule has 0 aromatic heterocycles. The number of alkyl halides is 3. The van der Waals surface area contributed by atoms with Gasteiger partial charge in [0.25, 0.3) is 15.9 Å². The summed E-state index contributed by atoms with van der Waals surface area (Å²) in [6, 6.07) is 16.1. The van der Waals surface area contributed by atoms with E-state index >= 15 is 0 Å². The van der Waals surface area contributed by atoms with Gasteiger partial charge in [-0.2, -0.15) is 13.2 Å². The van der Waals surface area contributed by atoms with Gasteiger partial charge in [-0.1, -0.05) is 23.8 Å². The Morgan fingerprint density at radius 2 is 1.50 bits per heavy atom. The summed E-state index contributed by atoms with van der Waals surface area (Å²) in [5.74, 6) is -0.354. The van der Waals surface area contributed by atoms with Crippen LogP contribution in [0.25, 0.3) is 0 Å². The topological polar surface area (TPSA) is 75.3 Å². The number of sulfonamides is 1. The maximum atomic E-state index is 12.8. The molecule has 0 aliphatic rings. The third kappa shape index (κ3) is 5.18. The average Bonchev–Trinajstić information content (AvgIpc) is 2.68. The molecule has 0 fully saturated rings. The minimum atomic E-state index is -4.58. The van der Waals surface area contributed by atoms with Gasteiger partial charge in [-0.15, -0.1) is 0 Å². The van der Waals surface area contributed by atoms with Gasteiger partial charge >= 0.3 is 6.18 Å². The number of carbonyl (C=O) groups is 1. The third-order valence-corrected chi connectivity index (χ3v) is 5.58. The summed E-state index contributed by atoms with van der Waals surface area (Å²) in [6.07, 6.45) is -4.58. The number of anilines is 2. The number of nitrogens with one attached hydrogen (secondary N) is 2. The molecule has 3 aromatic carbocycles. The van der Waals surface area contributed by atoms with Gasteiger partial charge in [0.05, 0.1) is 10.5 Å². The Morgan fingerprint density at radius 1 is 0.867 bits per heavy atom. The van der Waals surface area contributed by atoms with Crippen LogP contribution in [-0.2, 0) is 16.2 Å². The van der Waals surface area contributed by atoms with E-state index in [1.807, 2.05) is 6.92 Å². The fraction of sp³-hybridized carbons (Fsp3) is 0.0952. The Kier molecular flexibility index (Phi) is 5.84. The lowest BCUT2D eigenvalue weighted by atomic mass is 10.1. The highest BCUT2D eigenvalue weighted by Crippen LogP contribution is 2.31. The summed E-state index contributed by atoms with van der Waals surface area (Å²) in [5.41, 5.74) is 0.662. The highest BCUT2D eigenvalue weighted by Gasteiger charge is 2.30. The lowest BCUT2D eigenvalue weighted by Crippen LogP contribution is -2.15. The summed E-state index contributed by atoms with van der Waals surface area (Å²) < 4.78 is 65.5. The zero-order valence-electron chi connectivity index (χ0n) is 15.7. The van der Waals surface area contributed by atoms with Crippen molar-refractivity contribution in [2.24, 2.45) is 0 Å². The molecule has 30 heavy (non-hydrogen) atoms. The number of carbonyl (C=O) groups excluding carboxylic acids is 1. The fourth-order valence-corrected chi connectivity index (χ4v) is 3.65. The van der Waals surface area contributed by atoms with Crippen LogP contribution in [0.15, 0.2) is 77.7 Å². The molecule has 0 radical (unpaired) electrons. The molecular weight excluding hydrogens is 417 g/mol. The predicted octanol–water partition coefficient (Wildman–Crippen LogP) is 5.07. The largest absolute Gasteiger partial charge is 0.416 e. The van der Waals surface area contributed by atoms with Gasteiger partial charge in [0.2, 0.25) is 0 Å². The minimum absolute atomic E-state index is 0.159. The van der Waals surface area contributed by atoms with Crippen molar-refractivity contribution in [2.75, 3.05) is 10.0 Å². The van der Waals surface area contributed by atoms with Crippen LogP contribution in [-0.4, -0.2) is 14.3 Å². The van der Waals surface area contributed by atoms with Crippen LogP contribution >= 0.6 is 0 Å². The first-order chi connectivity index (χ1) is 14.0. The molecular formula is C21H17F3N2O3S. The zero-order chi connectivity index (χ0) is 21.9. The molecule has 0 aliphatic carbocycles. The average molecular weight is 434 g/mol. The van der Waals surface area contributed by atoms with Gasteiger partial charge in [-0.05, 0) is 61.5 Å². The molecule has 0 unspecified atom stereocenters. The minimum Gasteiger partial charge on any atom is -0.322 e. The molecule has 9 heteroatoms. The van der Waals surface area contributed by atoms with E-state index in [-0.39, 0.29) is 16.5 Å². The molecule has 3 aromatic rings. The SMILES string of the molecule is Cc1ccc(C(=O)Nc2ccc(S(=O)(=O)Nc3cccc(C(F)(F)F)c3)cc2)cc1. The van der Waals surface area contributed by atoms with E-state index in [9.17, 15) is 26.4 Å². The number of hydrogen-bond donors (Lipinski definition) is 2. The molecule has 0 saturated heterocycles. The zero-order valence-corrected chi connectivity index (χ0v) is 16.5. The van der Waals surface area contributed by atoms with Gasteiger partial charge < -0.3 is 5.32 Å². The summed E-state index contributed by atoms with van der Waals surface area (Å²) in [6.45, 7) is 1.90. The Bertz CT molecular complexity index is 1160. The second kappa shape index (κ2) is 8.19. The molecule has 156 valence electrons. The first kappa shape index (κ1) is 21.4.